The summed E-state index contributed by atoms with van der Waals surface area (Å²) in [6.45, 7) is 1.06. The molecule has 1 atom stereocenters. The normalized spacial score (nSPS) is 12.2. The highest BCUT2D eigenvalue weighted by atomic mass is 79.9. The number of amides is 1. The second kappa shape index (κ2) is 7.40. The molecule has 0 spiro atoms. The fourth-order valence-corrected chi connectivity index (χ4v) is 1.84. The summed E-state index contributed by atoms with van der Waals surface area (Å²) in [5, 5.41) is 2.66. The van der Waals surface area contributed by atoms with Crippen molar-refractivity contribution < 1.29 is 13.9 Å². The Morgan fingerprint density at radius 3 is 2.88 bits per heavy atom. The van der Waals surface area contributed by atoms with Crippen LogP contribution < -0.4 is 5.32 Å². The molecule has 1 rings (SSSR count). The summed E-state index contributed by atoms with van der Waals surface area (Å²) in [5.41, 5.74) is 0.0744. The Balaban J connectivity index is 2.38. The molecule has 0 aliphatic carbocycles. The highest BCUT2D eigenvalue weighted by Crippen LogP contribution is 2.07. The second-order valence-electron chi connectivity index (χ2n) is 3.58. The van der Waals surface area contributed by atoms with Crippen LogP contribution in [0.4, 0.5) is 4.39 Å². The Morgan fingerprint density at radius 2 is 2.24 bits per heavy atom. The summed E-state index contributed by atoms with van der Waals surface area (Å²) in [4.78, 5) is 11.8. The summed E-state index contributed by atoms with van der Waals surface area (Å²) in [6.07, 6.45) is 0.730. The van der Waals surface area contributed by atoms with E-state index >= 15 is 0 Å². The summed E-state index contributed by atoms with van der Waals surface area (Å²) >= 11 is 3.41. The van der Waals surface area contributed by atoms with Crippen LogP contribution >= 0.6 is 15.9 Å². The van der Waals surface area contributed by atoms with Crippen LogP contribution in [0.3, 0.4) is 0 Å². The van der Waals surface area contributed by atoms with Crippen LogP contribution in [0.2, 0.25) is 0 Å². The Bertz CT molecular complexity index is 373. The van der Waals surface area contributed by atoms with Crippen LogP contribution in [-0.2, 0) is 4.74 Å². The monoisotopic (exact) mass is 303 g/mol. The predicted octanol–water partition coefficient (Wildman–Crippen LogP) is 2.36. The Kier molecular flexibility index (Phi) is 6.15. The molecule has 1 aromatic rings. The van der Waals surface area contributed by atoms with Gasteiger partial charge in [0.05, 0.1) is 12.2 Å². The molecule has 3 nitrogen and oxygen atoms in total. The molecule has 0 saturated carbocycles. The van der Waals surface area contributed by atoms with Gasteiger partial charge in [-0.05, 0) is 18.6 Å². The minimum atomic E-state index is -0.503. The van der Waals surface area contributed by atoms with E-state index < -0.39 is 5.82 Å². The summed E-state index contributed by atoms with van der Waals surface area (Å²) < 4.78 is 18.2. The van der Waals surface area contributed by atoms with Gasteiger partial charge in [-0.25, -0.2) is 4.39 Å². The minimum Gasteiger partial charge on any atom is -0.384 e. The van der Waals surface area contributed by atoms with Crippen molar-refractivity contribution in [1.82, 2.24) is 5.32 Å². The highest BCUT2D eigenvalue weighted by molar-refractivity contribution is 9.09. The highest BCUT2D eigenvalue weighted by Gasteiger charge is 2.10. The first-order chi connectivity index (χ1) is 8.15. The largest absolute Gasteiger partial charge is 0.384 e. The van der Waals surface area contributed by atoms with E-state index in [2.05, 4.69) is 21.2 Å². The van der Waals surface area contributed by atoms with Crippen LogP contribution in [-0.4, -0.2) is 31.0 Å². The maximum Gasteiger partial charge on any atom is 0.254 e. The van der Waals surface area contributed by atoms with Crippen molar-refractivity contribution in [1.29, 1.82) is 0 Å². The Hall–Kier alpha value is -0.940. The average Bonchev–Trinajstić information content (AvgIpc) is 2.29. The molecule has 1 aromatic carbocycles. The molecule has 1 amide bonds. The van der Waals surface area contributed by atoms with E-state index in [4.69, 9.17) is 4.74 Å². The van der Waals surface area contributed by atoms with Crippen molar-refractivity contribution in [3.63, 3.8) is 0 Å². The minimum absolute atomic E-state index is 0.0744. The van der Waals surface area contributed by atoms with Crippen molar-refractivity contribution in [3.8, 4) is 0 Å². The molecule has 5 heteroatoms. The molecular weight excluding hydrogens is 289 g/mol. The van der Waals surface area contributed by atoms with Crippen LogP contribution in [0.5, 0.6) is 0 Å². The van der Waals surface area contributed by atoms with Gasteiger partial charge in [-0.3, -0.25) is 4.79 Å². The van der Waals surface area contributed by atoms with Gasteiger partial charge in [0, 0.05) is 18.5 Å². The number of rotatable bonds is 6. The van der Waals surface area contributed by atoms with Crippen LogP contribution in [0.1, 0.15) is 16.8 Å². The molecule has 0 bridgehead atoms. The molecule has 94 valence electrons. The van der Waals surface area contributed by atoms with E-state index in [1.165, 1.54) is 12.1 Å². The van der Waals surface area contributed by atoms with Gasteiger partial charge in [-0.15, -0.1) is 0 Å². The number of ether oxygens (including phenoxy) is 1. The third kappa shape index (κ3) is 4.83. The van der Waals surface area contributed by atoms with Gasteiger partial charge in [0.15, 0.2) is 0 Å². The van der Waals surface area contributed by atoms with Gasteiger partial charge in [0.1, 0.15) is 5.82 Å². The quantitative estimate of drug-likeness (QED) is 0.819. The average molecular weight is 304 g/mol. The summed E-state index contributed by atoms with van der Waals surface area (Å²) in [6, 6.07) is 5.92. The number of hydrogen-bond acceptors (Lipinski definition) is 2. The standard InChI is InChI=1S/C12H15BrFNO2/c1-17-8-9(13)6-7-15-12(16)10-4-2-3-5-11(10)14/h2-5,9H,6-8H2,1H3,(H,15,16). The zero-order valence-electron chi connectivity index (χ0n) is 9.58. The molecule has 1 N–H and O–H groups in total. The smallest absolute Gasteiger partial charge is 0.254 e. The van der Waals surface area contributed by atoms with E-state index in [9.17, 15) is 9.18 Å². The summed E-state index contributed by atoms with van der Waals surface area (Å²) in [7, 11) is 1.62. The first kappa shape index (κ1) is 14.1. The zero-order valence-corrected chi connectivity index (χ0v) is 11.2. The van der Waals surface area contributed by atoms with E-state index in [1.54, 1.807) is 19.2 Å². The molecular formula is C12H15BrFNO2. The first-order valence-corrected chi connectivity index (χ1v) is 6.22. The maximum atomic E-state index is 13.3. The molecule has 17 heavy (non-hydrogen) atoms. The van der Waals surface area contributed by atoms with Gasteiger partial charge in [0.25, 0.3) is 5.91 Å². The van der Waals surface area contributed by atoms with Gasteiger partial charge >= 0.3 is 0 Å². The van der Waals surface area contributed by atoms with E-state index in [0.29, 0.717) is 13.2 Å². The molecule has 0 fully saturated rings. The lowest BCUT2D eigenvalue weighted by Gasteiger charge is -2.09. The first-order valence-electron chi connectivity index (χ1n) is 5.31. The molecule has 0 heterocycles. The molecule has 0 aliphatic heterocycles. The van der Waals surface area contributed by atoms with Crippen molar-refractivity contribution in [2.24, 2.45) is 0 Å². The SMILES string of the molecule is COCC(Br)CCNC(=O)c1ccccc1F. The van der Waals surface area contributed by atoms with Crippen LogP contribution in [0.15, 0.2) is 24.3 Å². The number of benzene rings is 1. The van der Waals surface area contributed by atoms with Crippen molar-refractivity contribution >= 4 is 21.8 Å². The molecule has 1 unspecified atom stereocenters. The summed E-state index contributed by atoms with van der Waals surface area (Å²) in [5.74, 6) is -0.891. The van der Waals surface area contributed by atoms with E-state index in [1.807, 2.05) is 0 Å². The number of carbonyl (C=O) groups excluding carboxylic acids is 1. The third-order valence-corrected chi connectivity index (χ3v) is 2.93. The number of nitrogens with one attached hydrogen (secondary N) is 1. The number of hydrogen-bond donors (Lipinski definition) is 1. The fourth-order valence-electron chi connectivity index (χ4n) is 1.35. The van der Waals surface area contributed by atoms with Crippen molar-refractivity contribution in [2.75, 3.05) is 20.3 Å². The zero-order chi connectivity index (χ0) is 12.7. The Labute approximate surface area is 108 Å². The lowest BCUT2D eigenvalue weighted by molar-refractivity contribution is 0.0948. The molecule has 0 saturated heterocycles. The number of carbonyl (C=O) groups is 1. The van der Waals surface area contributed by atoms with Gasteiger partial charge in [0.2, 0.25) is 0 Å². The number of methoxy groups -OCH3 is 1. The van der Waals surface area contributed by atoms with Crippen molar-refractivity contribution in [3.05, 3.63) is 35.6 Å². The van der Waals surface area contributed by atoms with Crippen LogP contribution in [0.25, 0.3) is 0 Å². The fraction of sp³-hybridized carbons (Fsp3) is 0.417. The number of halogens is 2. The van der Waals surface area contributed by atoms with Gasteiger partial charge < -0.3 is 10.1 Å². The Morgan fingerprint density at radius 1 is 1.53 bits per heavy atom. The van der Waals surface area contributed by atoms with Crippen molar-refractivity contribution in [2.45, 2.75) is 11.2 Å². The second-order valence-corrected chi connectivity index (χ2v) is 4.87. The van der Waals surface area contributed by atoms with Crippen LogP contribution in [0, 0.1) is 5.82 Å². The predicted molar refractivity (Wildman–Crippen MR) is 67.9 cm³/mol. The lowest BCUT2D eigenvalue weighted by atomic mass is 10.2. The van der Waals surface area contributed by atoms with E-state index in [-0.39, 0.29) is 16.3 Å². The van der Waals surface area contributed by atoms with Gasteiger partial charge in [-0.1, -0.05) is 28.1 Å². The molecule has 0 aromatic heterocycles. The maximum absolute atomic E-state index is 13.3. The number of alkyl halides is 1. The van der Waals surface area contributed by atoms with E-state index in [0.717, 1.165) is 6.42 Å². The van der Waals surface area contributed by atoms with Gasteiger partial charge in [-0.2, -0.15) is 0 Å². The third-order valence-electron chi connectivity index (χ3n) is 2.21. The lowest BCUT2D eigenvalue weighted by Crippen LogP contribution is -2.27. The molecule has 0 aliphatic rings. The molecule has 0 radical (unpaired) electrons. The topological polar surface area (TPSA) is 38.3 Å².